The van der Waals surface area contributed by atoms with E-state index < -0.39 is 0 Å². The van der Waals surface area contributed by atoms with Crippen molar-refractivity contribution in [2.75, 3.05) is 6.54 Å². The second-order valence-electron chi connectivity index (χ2n) is 1.91. The molecule has 0 spiro atoms. The third-order valence-electron chi connectivity index (χ3n) is 1.37. The van der Waals surface area contributed by atoms with Gasteiger partial charge in [0.15, 0.2) is 0 Å². The van der Waals surface area contributed by atoms with E-state index in [0.717, 1.165) is 6.54 Å². The van der Waals surface area contributed by atoms with Crippen LogP contribution >= 0.6 is 0 Å². The van der Waals surface area contributed by atoms with Gasteiger partial charge < -0.3 is 0 Å². The molecule has 0 radical (unpaired) electrons. The molecule has 7 heavy (non-hydrogen) atoms. The monoisotopic (exact) mass is 99.1 g/mol. The minimum absolute atomic E-state index is 1.09. The molecule has 0 aromatic heterocycles. The standard InChI is InChI=1S/C6H11N/c1-2-6-4-3-5-7-6/h2-5H2,1H3/i3+1,5+1. The highest BCUT2D eigenvalue weighted by Crippen LogP contribution is 2.05. The summed E-state index contributed by atoms with van der Waals surface area (Å²) in [4.78, 5) is 4.27. The zero-order chi connectivity index (χ0) is 5.11. The molecule has 0 bridgehead atoms. The molecule has 0 unspecified atom stereocenters. The van der Waals surface area contributed by atoms with E-state index in [0.29, 0.717) is 0 Å². The Balaban J connectivity index is 2.36. The summed E-state index contributed by atoms with van der Waals surface area (Å²) in [5.74, 6) is 0. The van der Waals surface area contributed by atoms with Gasteiger partial charge in [0.2, 0.25) is 0 Å². The van der Waals surface area contributed by atoms with Crippen molar-refractivity contribution in [2.24, 2.45) is 4.99 Å². The first-order valence-corrected chi connectivity index (χ1v) is 2.95. The smallest absolute Gasteiger partial charge is 0.0392 e. The Kier molecular flexibility index (Phi) is 1.45. The van der Waals surface area contributed by atoms with Gasteiger partial charge >= 0.3 is 0 Å². The van der Waals surface area contributed by atoms with Crippen molar-refractivity contribution in [2.45, 2.75) is 26.2 Å². The Morgan fingerprint density at radius 1 is 1.71 bits per heavy atom. The number of hydrogen-bond donors (Lipinski definition) is 0. The van der Waals surface area contributed by atoms with E-state index >= 15 is 0 Å². The van der Waals surface area contributed by atoms with Crippen LogP contribution in [0.2, 0.25) is 0 Å². The van der Waals surface area contributed by atoms with E-state index in [9.17, 15) is 0 Å². The van der Waals surface area contributed by atoms with Gasteiger partial charge in [-0.1, -0.05) is 6.92 Å². The molecular weight excluding hydrogens is 88.1 g/mol. The summed E-state index contributed by atoms with van der Waals surface area (Å²) >= 11 is 0. The molecule has 1 nitrogen and oxygen atoms in total. The number of nitrogens with zero attached hydrogens (tertiary/aromatic N) is 1. The average Bonchev–Trinajstić information content (AvgIpc) is 2.14. The second-order valence-corrected chi connectivity index (χ2v) is 1.91. The lowest BCUT2D eigenvalue weighted by Gasteiger charge is -1.86. The van der Waals surface area contributed by atoms with Gasteiger partial charge in [-0.25, -0.2) is 0 Å². The van der Waals surface area contributed by atoms with E-state index in [4.69, 9.17) is 0 Å². The van der Waals surface area contributed by atoms with Crippen LogP contribution < -0.4 is 0 Å². The molecule has 0 saturated carbocycles. The normalized spacial score (nSPS) is 19.9. The molecule has 0 fully saturated rings. The summed E-state index contributed by atoms with van der Waals surface area (Å²) < 4.78 is 0. The molecular formula is C6H11N. The fourth-order valence-electron chi connectivity index (χ4n) is 0.888. The van der Waals surface area contributed by atoms with E-state index in [1.165, 1.54) is 25.0 Å². The molecule has 0 saturated heterocycles. The Morgan fingerprint density at radius 2 is 2.57 bits per heavy atom. The first-order valence-electron chi connectivity index (χ1n) is 2.95. The number of rotatable bonds is 1. The third-order valence-corrected chi connectivity index (χ3v) is 1.37. The van der Waals surface area contributed by atoms with Gasteiger partial charge in [0.05, 0.1) is 0 Å². The van der Waals surface area contributed by atoms with Gasteiger partial charge in [-0.3, -0.25) is 4.99 Å². The van der Waals surface area contributed by atoms with Crippen LogP contribution in [0.1, 0.15) is 26.2 Å². The first-order chi connectivity index (χ1) is 3.43. The summed E-state index contributed by atoms with van der Waals surface area (Å²) in [6.45, 7) is 3.26. The van der Waals surface area contributed by atoms with Crippen LogP contribution in [0.25, 0.3) is 0 Å². The van der Waals surface area contributed by atoms with Crippen molar-refractivity contribution < 1.29 is 0 Å². The molecule has 0 aromatic rings. The Labute approximate surface area is 44.5 Å². The highest BCUT2D eigenvalue weighted by atomic mass is 15.0. The van der Waals surface area contributed by atoms with Crippen molar-refractivity contribution in [3.63, 3.8) is 0 Å². The zero-order valence-electron chi connectivity index (χ0n) is 4.78. The van der Waals surface area contributed by atoms with Crippen LogP contribution in [0.5, 0.6) is 0 Å². The summed E-state index contributed by atoms with van der Waals surface area (Å²) in [6.07, 6.45) is 3.72. The minimum Gasteiger partial charge on any atom is -0.294 e. The maximum Gasteiger partial charge on any atom is 0.0392 e. The van der Waals surface area contributed by atoms with Crippen LogP contribution in [-0.4, -0.2) is 12.3 Å². The molecule has 1 heteroatoms. The summed E-state index contributed by atoms with van der Waals surface area (Å²) in [7, 11) is 0. The van der Waals surface area contributed by atoms with Crippen LogP contribution in [0, 0.1) is 0 Å². The van der Waals surface area contributed by atoms with Crippen molar-refractivity contribution in [1.29, 1.82) is 0 Å². The molecule has 1 aliphatic heterocycles. The summed E-state index contributed by atoms with van der Waals surface area (Å²) in [5, 5.41) is 0. The Hall–Kier alpha value is -0.330. The minimum atomic E-state index is 1.09. The van der Waals surface area contributed by atoms with Crippen molar-refractivity contribution in [1.82, 2.24) is 0 Å². The summed E-state index contributed by atoms with van der Waals surface area (Å²) in [5.41, 5.74) is 1.42. The zero-order valence-corrected chi connectivity index (χ0v) is 4.78. The molecule has 0 aliphatic carbocycles. The third kappa shape index (κ3) is 1.02. The Bertz CT molecular complexity index is 84.2. The number of hydrogen-bond acceptors (Lipinski definition) is 1. The number of aliphatic imine (C=N–C) groups is 1. The van der Waals surface area contributed by atoms with Crippen LogP contribution in [-0.2, 0) is 0 Å². The van der Waals surface area contributed by atoms with Crippen LogP contribution in [0.15, 0.2) is 4.99 Å². The largest absolute Gasteiger partial charge is 0.294 e. The van der Waals surface area contributed by atoms with Crippen LogP contribution in [0.3, 0.4) is 0 Å². The lowest BCUT2D eigenvalue weighted by atomic mass is 10.3. The van der Waals surface area contributed by atoms with E-state index in [-0.39, 0.29) is 0 Å². The molecule has 1 rings (SSSR count). The lowest BCUT2D eigenvalue weighted by molar-refractivity contribution is 0.948. The van der Waals surface area contributed by atoms with Gasteiger partial charge in [-0.15, -0.1) is 0 Å². The van der Waals surface area contributed by atoms with E-state index in [2.05, 4.69) is 11.9 Å². The maximum atomic E-state index is 4.27. The first kappa shape index (κ1) is 4.82. The van der Waals surface area contributed by atoms with Gasteiger partial charge in [0, 0.05) is 12.3 Å². The topological polar surface area (TPSA) is 12.4 Å². The van der Waals surface area contributed by atoms with Gasteiger partial charge in [-0.2, -0.15) is 0 Å². The SMILES string of the molecule is CCC1=N[13CH2][13CH2]C1. The predicted octanol–water partition coefficient (Wildman–Crippen LogP) is 1.63. The van der Waals surface area contributed by atoms with Gasteiger partial charge in [0.25, 0.3) is 0 Å². The quantitative estimate of drug-likeness (QED) is 0.443. The molecule has 0 N–H and O–H groups in total. The maximum absolute atomic E-state index is 4.27. The lowest BCUT2D eigenvalue weighted by Crippen LogP contribution is -1.86. The fourth-order valence-corrected chi connectivity index (χ4v) is 0.888. The van der Waals surface area contributed by atoms with Crippen molar-refractivity contribution >= 4 is 5.71 Å². The predicted molar refractivity (Wildman–Crippen MR) is 31.8 cm³/mol. The molecule has 0 amide bonds. The van der Waals surface area contributed by atoms with Crippen molar-refractivity contribution in [3.05, 3.63) is 0 Å². The van der Waals surface area contributed by atoms with E-state index in [1.807, 2.05) is 0 Å². The summed E-state index contributed by atoms with van der Waals surface area (Å²) in [6, 6.07) is 0. The van der Waals surface area contributed by atoms with Crippen LogP contribution in [0.4, 0.5) is 0 Å². The molecule has 1 aliphatic rings. The van der Waals surface area contributed by atoms with E-state index in [1.54, 1.807) is 0 Å². The van der Waals surface area contributed by atoms with Gasteiger partial charge in [0.1, 0.15) is 0 Å². The molecule has 40 valence electrons. The van der Waals surface area contributed by atoms with Crippen molar-refractivity contribution in [3.8, 4) is 0 Å². The molecule has 0 atom stereocenters. The second kappa shape index (κ2) is 2.10. The fraction of sp³-hybridized carbons (Fsp3) is 0.833. The van der Waals surface area contributed by atoms with Gasteiger partial charge in [-0.05, 0) is 19.3 Å². The highest BCUT2D eigenvalue weighted by molar-refractivity contribution is 5.85. The average molecular weight is 99.1 g/mol. The Morgan fingerprint density at radius 3 is 2.86 bits per heavy atom. The molecule has 0 aromatic carbocycles. The highest BCUT2D eigenvalue weighted by Gasteiger charge is 2.00. The molecule has 1 heterocycles.